The van der Waals surface area contributed by atoms with Crippen molar-refractivity contribution in [3.8, 4) is 22.8 Å². The van der Waals surface area contributed by atoms with E-state index in [0.29, 0.717) is 22.1 Å². The number of quaternary nitrogens is 1. The van der Waals surface area contributed by atoms with E-state index in [2.05, 4.69) is 15.7 Å². The van der Waals surface area contributed by atoms with Crippen LogP contribution in [0.1, 0.15) is 0 Å². The van der Waals surface area contributed by atoms with Gasteiger partial charge in [0.25, 0.3) is 5.91 Å². The summed E-state index contributed by atoms with van der Waals surface area (Å²) in [4.78, 5) is 16.5. The van der Waals surface area contributed by atoms with E-state index in [4.69, 9.17) is 4.74 Å². The number of carbonyl (C=O) groups excluding carboxylic acids is 1. The van der Waals surface area contributed by atoms with Crippen molar-refractivity contribution in [2.75, 3.05) is 12.4 Å². The maximum absolute atomic E-state index is 12.1. The second kappa shape index (κ2) is 6.51. The molecule has 0 fully saturated rings. The van der Waals surface area contributed by atoms with Gasteiger partial charge in [0.1, 0.15) is 6.20 Å². The van der Waals surface area contributed by atoms with Crippen molar-refractivity contribution >= 4 is 22.4 Å². The number of hydrogen-bond donors (Lipinski definition) is 4. The monoisotopic (exact) mass is 331 g/mol. The zero-order valence-corrected chi connectivity index (χ0v) is 13.1. The van der Waals surface area contributed by atoms with Crippen LogP contribution in [0.5, 0.6) is 11.5 Å². The Morgan fingerprint density at radius 3 is 3.09 bits per heavy atom. The highest BCUT2D eigenvalue weighted by atomic mass is 32.1. The zero-order valence-electron chi connectivity index (χ0n) is 12.2. The zero-order chi connectivity index (χ0) is 16.2. The third-order valence-electron chi connectivity index (χ3n) is 3.18. The Balaban J connectivity index is 1.77. The lowest BCUT2D eigenvalue weighted by Crippen LogP contribution is -2.87. The maximum Gasteiger partial charge on any atom is 0.262 e. The Morgan fingerprint density at radius 2 is 2.35 bits per heavy atom. The first-order chi connectivity index (χ1) is 11.2. The number of amides is 1. The third kappa shape index (κ3) is 3.33. The van der Waals surface area contributed by atoms with Crippen LogP contribution >= 0.6 is 11.3 Å². The Morgan fingerprint density at radius 1 is 1.48 bits per heavy atom. The summed E-state index contributed by atoms with van der Waals surface area (Å²) >= 11 is 1.33. The van der Waals surface area contributed by atoms with E-state index in [9.17, 15) is 9.90 Å². The molecule has 1 aliphatic rings. The number of benzene rings is 1. The molecule has 0 unspecified atom stereocenters. The van der Waals surface area contributed by atoms with Gasteiger partial charge in [-0.1, -0.05) is 0 Å². The molecule has 0 atom stereocenters. The van der Waals surface area contributed by atoms with Crippen LogP contribution in [0.4, 0.5) is 5.13 Å². The summed E-state index contributed by atoms with van der Waals surface area (Å²) in [6.07, 6.45) is 5.06. The number of thiazole rings is 1. The van der Waals surface area contributed by atoms with Gasteiger partial charge in [-0.2, -0.15) is 0 Å². The minimum Gasteiger partial charge on any atom is -0.504 e. The molecule has 2 aromatic rings. The first-order valence-electron chi connectivity index (χ1n) is 6.78. The topological polar surface area (TPSA) is 100 Å². The number of methoxy groups -OCH3 is 1. The van der Waals surface area contributed by atoms with E-state index in [1.807, 2.05) is 5.38 Å². The molecule has 0 saturated carbocycles. The van der Waals surface area contributed by atoms with Crippen LogP contribution in [0.25, 0.3) is 11.3 Å². The maximum atomic E-state index is 12.1. The minimum absolute atomic E-state index is 0.0703. The third-order valence-corrected chi connectivity index (χ3v) is 3.94. The summed E-state index contributed by atoms with van der Waals surface area (Å²) in [5.74, 6) is 0.227. The fourth-order valence-electron chi connectivity index (χ4n) is 2.01. The molecule has 8 heteroatoms. The molecule has 0 aliphatic carbocycles. The van der Waals surface area contributed by atoms with E-state index in [0.717, 1.165) is 5.56 Å². The van der Waals surface area contributed by atoms with Gasteiger partial charge in [-0.25, -0.2) is 15.8 Å². The molecule has 1 amide bonds. The van der Waals surface area contributed by atoms with Crippen molar-refractivity contribution in [1.82, 2.24) is 10.4 Å². The lowest BCUT2D eigenvalue weighted by Gasteiger charge is -2.06. The van der Waals surface area contributed by atoms with E-state index in [-0.39, 0.29) is 11.7 Å². The number of carbonyl (C=O) groups is 1. The second-order valence-electron chi connectivity index (χ2n) is 4.67. The normalized spacial score (nSPS) is 13.2. The van der Waals surface area contributed by atoms with Crippen LogP contribution in [-0.4, -0.2) is 23.1 Å². The Bertz CT molecular complexity index is 798. The number of aromatic hydroxyl groups is 1. The number of nitrogens with one attached hydrogen (secondary N) is 2. The second-order valence-corrected chi connectivity index (χ2v) is 5.53. The number of anilines is 1. The number of nitrogens with zero attached hydrogens (tertiary/aromatic N) is 1. The molecule has 23 heavy (non-hydrogen) atoms. The number of hydrogen-bond acceptors (Lipinski definition) is 6. The van der Waals surface area contributed by atoms with Crippen LogP contribution in [-0.2, 0) is 4.79 Å². The number of ether oxygens (including phenoxy) is 1. The van der Waals surface area contributed by atoms with Crippen LogP contribution < -0.4 is 20.9 Å². The molecule has 3 rings (SSSR count). The Kier molecular flexibility index (Phi) is 4.26. The molecule has 0 saturated heterocycles. The van der Waals surface area contributed by atoms with Crippen molar-refractivity contribution in [2.45, 2.75) is 0 Å². The highest BCUT2D eigenvalue weighted by Crippen LogP contribution is 2.32. The van der Waals surface area contributed by atoms with Crippen LogP contribution in [0, 0.1) is 0 Å². The number of aromatic nitrogens is 1. The molecule has 1 aromatic carbocycles. The molecule has 0 bridgehead atoms. The smallest absolute Gasteiger partial charge is 0.262 e. The minimum atomic E-state index is -0.219. The molecule has 1 aliphatic heterocycles. The molecule has 5 N–H and O–H groups in total. The number of nitrogens with two attached hydrogens (primary N) is 1. The van der Waals surface area contributed by atoms with Crippen LogP contribution in [0.15, 0.2) is 47.6 Å². The summed E-state index contributed by atoms with van der Waals surface area (Å²) in [6, 6.07) is 4.99. The van der Waals surface area contributed by atoms with Gasteiger partial charge in [-0.05, 0) is 24.3 Å². The fraction of sp³-hybridized carbons (Fsp3) is 0.0667. The molecule has 7 nitrogen and oxygen atoms in total. The first kappa shape index (κ1) is 15.1. The van der Waals surface area contributed by atoms with Crippen molar-refractivity contribution < 1.29 is 20.1 Å². The van der Waals surface area contributed by atoms with Gasteiger partial charge in [-0.15, -0.1) is 11.3 Å². The largest absolute Gasteiger partial charge is 0.504 e. The van der Waals surface area contributed by atoms with Crippen molar-refractivity contribution in [1.29, 1.82) is 0 Å². The lowest BCUT2D eigenvalue weighted by atomic mass is 10.1. The molecule has 1 aromatic heterocycles. The van der Waals surface area contributed by atoms with E-state index in [1.54, 1.807) is 42.1 Å². The molecule has 0 spiro atoms. The number of rotatable bonds is 4. The van der Waals surface area contributed by atoms with Gasteiger partial charge in [-0.3, -0.25) is 10.1 Å². The Labute approximate surface area is 136 Å². The average molecular weight is 331 g/mol. The summed E-state index contributed by atoms with van der Waals surface area (Å²) in [7, 11) is 1.49. The highest BCUT2D eigenvalue weighted by molar-refractivity contribution is 7.14. The summed E-state index contributed by atoms with van der Waals surface area (Å²) < 4.78 is 5.09. The molecular weight excluding hydrogens is 316 g/mol. The molecular formula is C15H15N4O3S+. The number of phenolic OH excluding ortho intramolecular Hbond substituents is 1. The predicted octanol–water partition coefficient (Wildman–Crippen LogP) is 0.942. The molecule has 2 heterocycles. The van der Waals surface area contributed by atoms with E-state index in [1.165, 1.54) is 18.4 Å². The van der Waals surface area contributed by atoms with Gasteiger partial charge >= 0.3 is 0 Å². The van der Waals surface area contributed by atoms with Gasteiger partial charge in [0.15, 0.2) is 16.6 Å². The quantitative estimate of drug-likeness (QED) is 0.625. The SMILES string of the molecule is COc1cc(-c2csc(NC(=O)C3=C[NH2+]NC=C3)n2)ccc1O. The van der Waals surface area contributed by atoms with E-state index >= 15 is 0 Å². The highest BCUT2D eigenvalue weighted by Gasteiger charge is 2.14. The first-order valence-corrected chi connectivity index (χ1v) is 7.65. The van der Waals surface area contributed by atoms with Crippen molar-refractivity contribution in [3.05, 3.63) is 47.6 Å². The van der Waals surface area contributed by atoms with Crippen LogP contribution in [0.3, 0.4) is 0 Å². The predicted molar refractivity (Wildman–Crippen MR) is 86.7 cm³/mol. The standard InChI is InChI=1S/C15H14N4O3S/c1-22-13-6-9(2-3-12(13)20)11-8-23-15(18-11)19-14(21)10-4-5-16-17-7-10/h2-8,16-17,20H,1H3,(H,18,19,21)/p+1. The van der Waals surface area contributed by atoms with Gasteiger partial charge in [0, 0.05) is 10.9 Å². The van der Waals surface area contributed by atoms with Crippen molar-refractivity contribution in [3.63, 3.8) is 0 Å². The lowest BCUT2D eigenvalue weighted by molar-refractivity contribution is -0.640. The van der Waals surface area contributed by atoms with Gasteiger partial charge in [0.2, 0.25) is 0 Å². The van der Waals surface area contributed by atoms with Gasteiger partial charge in [0.05, 0.1) is 24.6 Å². The average Bonchev–Trinajstić information content (AvgIpc) is 3.04. The summed E-state index contributed by atoms with van der Waals surface area (Å²) in [5.41, 5.74) is 6.60. The van der Waals surface area contributed by atoms with Gasteiger partial charge < -0.3 is 9.84 Å². The Hall–Kier alpha value is -2.84. The van der Waals surface area contributed by atoms with Crippen LogP contribution in [0.2, 0.25) is 0 Å². The summed E-state index contributed by atoms with van der Waals surface area (Å²) in [6.45, 7) is 0. The molecule has 0 radical (unpaired) electrons. The number of phenols is 1. The van der Waals surface area contributed by atoms with Crippen molar-refractivity contribution in [2.24, 2.45) is 0 Å². The fourth-order valence-corrected chi connectivity index (χ4v) is 2.72. The van der Waals surface area contributed by atoms with E-state index < -0.39 is 0 Å². The summed E-state index contributed by atoms with van der Waals surface area (Å²) in [5, 5.41) is 14.7. The molecule has 118 valence electrons.